The molecule has 0 aromatic carbocycles. The van der Waals surface area contributed by atoms with E-state index in [9.17, 15) is 0 Å². The third-order valence-corrected chi connectivity index (χ3v) is 1.16. The maximum absolute atomic E-state index is 3.99. The topological polar surface area (TPSA) is 56.5 Å². The van der Waals surface area contributed by atoms with Crippen LogP contribution in [0.25, 0.3) is 11.2 Å². The van der Waals surface area contributed by atoms with Gasteiger partial charge in [0.05, 0.1) is 6.20 Å². The van der Waals surface area contributed by atoms with E-state index in [2.05, 4.69) is 20.2 Å². The summed E-state index contributed by atoms with van der Waals surface area (Å²) >= 11 is 0. The molecule has 2 aromatic heterocycles. The molecule has 0 saturated heterocycles. The highest BCUT2D eigenvalue weighted by atomic mass is 15.5. The van der Waals surface area contributed by atoms with Crippen molar-refractivity contribution in [2.24, 2.45) is 7.05 Å². The van der Waals surface area contributed by atoms with Gasteiger partial charge < -0.3 is 0 Å². The Morgan fingerprint density at radius 1 is 1.40 bits per heavy atom. The van der Waals surface area contributed by atoms with E-state index in [0.717, 1.165) is 5.52 Å². The van der Waals surface area contributed by atoms with Gasteiger partial charge in [-0.05, 0) is 0 Å². The zero-order chi connectivity index (χ0) is 6.97. The van der Waals surface area contributed by atoms with Crippen LogP contribution < -0.4 is 0 Å². The SMILES string of the molecule is Cn1nc2cncnc2n1. The number of nitrogens with zero attached hydrogens (tertiary/aromatic N) is 5. The van der Waals surface area contributed by atoms with Crippen LogP contribution in [-0.4, -0.2) is 25.0 Å². The van der Waals surface area contributed by atoms with Crippen molar-refractivity contribution in [3.63, 3.8) is 0 Å². The van der Waals surface area contributed by atoms with Crippen LogP contribution in [0.2, 0.25) is 0 Å². The van der Waals surface area contributed by atoms with E-state index in [1.165, 1.54) is 11.1 Å². The molecular formula is C5H5N5. The lowest BCUT2D eigenvalue weighted by molar-refractivity contribution is 0.663. The fraction of sp³-hybridized carbons (Fsp3) is 0.200. The van der Waals surface area contributed by atoms with Gasteiger partial charge in [-0.2, -0.15) is 9.90 Å². The van der Waals surface area contributed by atoms with Crippen LogP contribution in [0.3, 0.4) is 0 Å². The number of rotatable bonds is 0. The molecule has 5 heteroatoms. The van der Waals surface area contributed by atoms with Crippen molar-refractivity contribution in [3.05, 3.63) is 12.5 Å². The average Bonchev–Trinajstić information content (AvgIpc) is 2.27. The van der Waals surface area contributed by atoms with E-state index in [0.29, 0.717) is 5.65 Å². The molecule has 0 N–H and O–H groups in total. The number of aryl methyl sites for hydroxylation is 1. The summed E-state index contributed by atoms with van der Waals surface area (Å²) in [4.78, 5) is 9.17. The van der Waals surface area contributed by atoms with Gasteiger partial charge in [0, 0.05) is 7.05 Å². The number of aromatic nitrogens is 5. The maximum atomic E-state index is 3.99. The van der Waals surface area contributed by atoms with Gasteiger partial charge in [0.2, 0.25) is 5.65 Å². The minimum Gasteiger partial charge on any atom is -0.242 e. The monoisotopic (exact) mass is 135 g/mol. The number of hydrogen-bond acceptors (Lipinski definition) is 4. The lowest BCUT2D eigenvalue weighted by Gasteiger charge is -1.77. The molecule has 0 aliphatic carbocycles. The lowest BCUT2D eigenvalue weighted by Crippen LogP contribution is -1.90. The summed E-state index contributed by atoms with van der Waals surface area (Å²) in [5.41, 5.74) is 1.36. The van der Waals surface area contributed by atoms with Gasteiger partial charge in [-0.1, -0.05) is 0 Å². The summed E-state index contributed by atoms with van der Waals surface area (Å²) in [6, 6.07) is 0. The van der Waals surface area contributed by atoms with Gasteiger partial charge in [-0.15, -0.1) is 5.10 Å². The molecule has 50 valence electrons. The molecule has 0 unspecified atom stereocenters. The summed E-state index contributed by atoms with van der Waals surface area (Å²) in [5, 5.41) is 7.96. The first kappa shape index (κ1) is 5.28. The van der Waals surface area contributed by atoms with Crippen LogP contribution in [0.15, 0.2) is 12.5 Å². The molecule has 0 bridgehead atoms. The lowest BCUT2D eigenvalue weighted by atomic mass is 10.6. The van der Waals surface area contributed by atoms with Crippen molar-refractivity contribution in [1.82, 2.24) is 25.0 Å². The fourth-order valence-electron chi connectivity index (χ4n) is 0.779. The second kappa shape index (κ2) is 1.73. The predicted octanol–water partition coefficient (Wildman–Crippen LogP) is -0.242. The molecule has 0 aliphatic heterocycles. The Bertz CT molecular complexity index is 319. The Morgan fingerprint density at radius 3 is 3.10 bits per heavy atom. The molecule has 0 aliphatic rings. The Balaban J connectivity index is 2.88. The van der Waals surface area contributed by atoms with Gasteiger partial charge in [0.15, 0.2) is 0 Å². The molecule has 0 radical (unpaired) electrons. The zero-order valence-corrected chi connectivity index (χ0v) is 5.39. The van der Waals surface area contributed by atoms with Gasteiger partial charge >= 0.3 is 0 Å². The fourth-order valence-corrected chi connectivity index (χ4v) is 0.779. The predicted molar refractivity (Wildman–Crippen MR) is 34.1 cm³/mol. The first-order valence-electron chi connectivity index (χ1n) is 2.83. The van der Waals surface area contributed by atoms with Crippen molar-refractivity contribution in [2.45, 2.75) is 0 Å². The van der Waals surface area contributed by atoms with Crippen molar-refractivity contribution in [3.8, 4) is 0 Å². The Hall–Kier alpha value is -1.52. The zero-order valence-electron chi connectivity index (χ0n) is 5.39. The molecule has 2 rings (SSSR count). The number of hydrogen-bond donors (Lipinski definition) is 0. The molecule has 0 spiro atoms. The van der Waals surface area contributed by atoms with Crippen molar-refractivity contribution in [2.75, 3.05) is 0 Å². The molecule has 0 amide bonds. The second-order valence-electron chi connectivity index (χ2n) is 1.92. The van der Waals surface area contributed by atoms with E-state index in [-0.39, 0.29) is 0 Å². The number of fused-ring (bicyclic) bond motifs is 1. The summed E-state index contributed by atoms with van der Waals surface area (Å²) in [5.74, 6) is 0. The average molecular weight is 135 g/mol. The molecule has 0 atom stereocenters. The largest absolute Gasteiger partial charge is 0.242 e. The van der Waals surface area contributed by atoms with E-state index < -0.39 is 0 Å². The highest BCUT2D eigenvalue weighted by molar-refractivity contribution is 5.66. The van der Waals surface area contributed by atoms with Crippen molar-refractivity contribution < 1.29 is 0 Å². The molecule has 10 heavy (non-hydrogen) atoms. The molecule has 0 saturated carbocycles. The van der Waals surface area contributed by atoms with Gasteiger partial charge in [-0.3, -0.25) is 0 Å². The highest BCUT2D eigenvalue weighted by Crippen LogP contribution is 1.99. The Labute approximate surface area is 56.7 Å². The molecule has 2 heterocycles. The summed E-state index contributed by atoms with van der Waals surface area (Å²) < 4.78 is 0. The normalized spacial score (nSPS) is 10.5. The summed E-state index contributed by atoms with van der Waals surface area (Å²) in [6.45, 7) is 0. The van der Waals surface area contributed by atoms with E-state index in [1.807, 2.05) is 0 Å². The minimum atomic E-state index is 0.637. The van der Waals surface area contributed by atoms with Crippen LogP contribution in [0.5, 0.6) is 0 Å². The van der Waals surface area contributed by atoms with E-state index in [1.54, 1.807) is 13.2 Å². The van der Waals surface area contributed by atoms with Crippen LogP contribution in [-0.2, 0) is 7.05 Å². The third-order valence-electron chi connectivity index (χ3n) is 1.16. The molecule has 2 aromatic rings. The Morgan fingerprint density at radius 2 is 2.30 bits per heavy atom. The molecular weight excluding hydrogens is 130 g/mol. The molecule has 0 fully saturated rings. The summed E-state index contributed by atoms with van der Waals surface area (Å²) in [6.07, 6.45) is 3.09. The highest BCUT2D eigenvalue weighted by Gasteiger charge is 1.97. The maximum Gasteiger partial charge on any atom is 0.204 e. The third kappa shape index (κ3) is 0.637. The molecule has 5 nitrogen and oxygen atoms in total. The first-order chi connectivity index (χ1) is 4.86. The van der Waals surface area contributed by atoms with Crippen molar-refractivity contribution >= 4 is 11.2 Å². The smallest absolute Gasteiger partial charge is 0.204 e. The summed E-state index contributed by atoms with van der Waals surface area (Å²) in [7, 11) is 1.75. The standard InChI is InChI=1S/C5H5N5/c1-10-8-4-2-6-3-7-5(4)9-10/h2-3H,1H3. The van der Waals surface area contributed by atoms with Gasteiger partial charge in [0.25, 0.3) is 0 Å². The quantitative estimate of drug-likeness (QED) is 0.500. The van der Waals surface area contributed by atoms with Crippen LogP contribution in [0.1, 0.15) is 0 Å². The van der Waals surface area contributed by atoms with E-state index >= 15 is 0 Å². The Kier molecular flexibility index (Phi) is 0.913. The first-order valence-corrected chi connectivity index (χ1v) is 2.83. The second-order valence-corrected chi connectivity index (χ2v) is 1.92. The van der Waals surface area contributed by atoms with Crippen LogP contribution >= 0.6 is 0 Å². The van der Waals surface area contributed by atoms with Crippen molar-refractivity contribution in [1.29, 1.82) is 0 Å². The van der Waals surface area contributed by atoms with Crippen LogP contribution in [0, 0.1) is 0 Å². The minimum absolute atomic E-state index is 0.637. The van der Waals surface area contributed by atoms with Gasteiger partial charge in [-0.25, -0.2) is 9.97 Å². The van der Waals surface area contributed by atoms with Gasteiger partial charge in [0.1, 0.15) is 11.8 Å². The van der Waals surface area contributed by atoms with Crippen LogP contribution in [0.4, 0.5) is 0 Å². The van der Waals surface area contributed by atoms with E-state index in [4.69, 9.17) is 0 Å².